The minimum absolute atomic E-state index is 0.398. The third-order valence-electron chi connectivity index (χ3n) is 5.68. The van der Waals surface area contributed by atoms with Crippen molar-refractivity contribution in [2.45, 2.75) is 25.2 Å². The van der Waals surface area contributed by atoms with Crippen LogP contribution >= 0.6 is 0 Å². The van der Waals surface area contributed by atoms with E-state index >= 15 is 0 Å². The zero-order chi connectivity index (χ0) is 19.5. The molecule has 2 N–H and O–H groups in total. The van der Waals surface area contributed by atoms with Crippen molar-refractivity contribution < 1.29 is 14.2 Å². The topological polar surface area (TPSA) is 68.4 Å². The van der Waals surface area contributed by atoms with Gasteiger partial charge in [-0.3, -0.25) is 5.10 Å². The normalized spacial score (nSPS) is 20.5. The van der Waals surface area contributed by atoms with Crippen LogP contribution in [0.5, 0.6) is 11.5 Å². The van der Waals surface area contributed by atoms with E-state index in [9.17, 15) is 0 Å². The zero-order valence-electron chi connectivity index (χ0n) is 16.6. The van der Waals surface area contributed by atoms with Gasteiger partial charge in [0.1, 0.15) is 23.8 Å². The maximum absolute atomic E-state index is 6.11. The summed E-state index contributed by atoms with van der Waals surface area (Å²) in [5.74, 6) is 2.17. The molecule has 5 rings (SSSR count). The van der Waals surface area contributed by atoms with Gasteiger partial charge in [-0.15, -0.1) is 0 Å². The van der Waals surface area contributed by atoms with Crippen molar-refractivity contribution >= 4 is 10.9 Å². The summed E-state index contributed by atoms with van der Waals surface area (Å²) in [7, 11) is 0. The van der Waals surface area contributed by atoms with E-state index in [1.54, 1.807) is 0 Å². The molecule has 0 aliphatic carbocycles. The van der Waals surface area contributed by atoms with Crippen LogP contribution in [-0.2, 0) is 4.74 Å². The number of benzene rings is 2. The van der Waals surface area contributed by atoms with Crippen LogP contribution in [0.4, 0.5) is 0 Å². The Bertz CT molecular complexity index is 979. The van der Waals surface area contributed by atoms with Gasteiger partial charge in [0.15, 0.2) is 0 Å². The van der Waals surface area contributed by atoms with Gasteiger partial charge in [-0.05, 0) is 67.8 Å². The maximum atomic E-state index is 6.11. The van der Waals surface area contributed by atoms with Gasteiger partial charge < -0.3 is 19.5 Å². The monoisotopic (exact) mass is 393 g/mol. The Labute approximate surface area is 170 Å². The lowest BCUT2D eigenvalue weighted by atomic mass is 9.91. The highest BCUT2D eigenvalue weighted by Crippen LogP contribution is 2.35. The van der Waals surface area contributed by atoms with Crippen LogP contribution in [0.1, 0.15) is 30.7 Å². The number of aromatic nitrogens is 2. The van der Waals surface area contributed by atoms with E-state index in [0.29, 0.717) is 19.1 Å². The Hall–Kier alpha value is -2.57. The molecule has 6 nitrogen and oxygen atoms in total. The number of rotatable bonds is 1. The Morgan fingerprint density at radius 1 is 0.897 bits per heavy atom. The van der Waals surface area contributed by atoms with E-state index in [4.69, 9.17) is 14.2 Å². The van der Waals surface area contributed by atoms with Crippen LogP contribution in [0.25, 0.3) is 22.2 Å². The molecule has 3 heterocycles. The van der Waals surface area contributed by atoms with Gasteiger partial charge in [-0.25, -0.2) is 0 Å². The largest absolute Gasteiger partial charge is 0.494 e. The van der Waals surface area contributed by atoms with Gasteiger partial charge in [0, 0.05) is 30.0 Å². The van der Waals surface area contributed by atoms with E-state index in [-0.39, 0.29) is 0 Å². The van der Waals surface area contributed by atoms with Crippen molar-refractivity contribution in [2.24, 2.45) is 0 Å². The summed E-state index contributed by atoms with van der Waals surface area (Å²) in [5, 5.41) is 12.3. The number of H-pyrrole nitrogens is 1. The molecule has 1 atom stereocenters. The first-order chi connectivity index (χ1) is 14.4. The van der Waals surface area contributed by atoms with Crippen molar-refractivity contribution in [3.05, 3.63) is 42.0 Å². The zero-order valence-corrected chi connectivity index (χ0v) is 16.6. The molecule has 0 spiro atoms. The fourth-order valence-corrected chi connectivity index (χ4v) is 4.14. The lowest BCUT2D eigenvalue weighted by molar-refractivity contribution is 0.0804. The highest BCUT2D eigenvalue weighted by molar-refractivity contribution is 5.94. The number of fused-ring (bicyclic) bond motifs is 4. The van der Waals surface area contributed by atoms with Gasteiger partial charge in [0.25, 0.3) is 0 Å². The first-order valence-electron chi connectivity index (χ1n) is 10.5. The molecule has 152 valence electrons. The molecule has 2 aliphatic rings. The predicted octanol–water partition coefficient (Wildman–Crippen LogP) is 3.87. The minimum atomic E-state index is 0.398. The third-order valence-corrected chi connectivity index (χ3v) is 5.68. The number of ether oxygens (including phenoxy) is 3. The average Bonchev–Trinajstić information content (AvgIpc) is 3.19. The Kier molecular flexibility index (Phi) is 5.37. The van der Waals surface area contributed by atoms with E-state index in [0.717, 1.165) is 79.2 Å². The van der Waals surface area contributed by atoms with Crippen LogP contribution in [0.3, 0.4) is 0 Å². The van der Waals surface area contributed by atoms with E-state index < -0.39 is 0 Å². The van der Waals surface area contributed by atoms with Gasteiger partial charge in [-0.1, -0.05) is 0 Å². The summed E-state index contributed by atoms with van der Waals surface area (Å²) in [6.07, 6.45) is 3.20. The van der Waals surface area contributed by atoms with Gasteiger partial charge in [-0.2, -0.15) is 5.10 Å². The molecule has 2 aromatic carbocycles. The van der Waals surface area contributed by atoms with E-state index in [1.165, 1.54) is 5.56 Å². The molecule has 1 aromatic heterocycles. The van der Waals surface area contributed by atoms with Crippen molar-refractivity contribution in [2.75, 3.05) is 39.5 Å². The summed E-state index contributed by atoms with van der Waals surface area (Å²) in [6.45, 7) is 4.67. The van der Waals surface area contributed by atoms with Crippen LogP contribution in [0.15, 0.2) is 36.4 Å². The molecular weight excluding hydrogens is 366 g/mol. The second-order valence-corrected chi connectivity index (χ2v) is 7.78. The number of nitrogens with one attached hydrogen (secondary N) is 2. The minimum Gasteiger partial charge on any atom is -0.494 e. The standard InChI is InChI=1S/C23H27N3O3/c1-3-16(15-27-8-1)17-11-18-13-20(12-17)29-10-7-24-6-2-9-28-19-4-5-22-21(14-19)23(18)26-25-22/h4-5,11-14,16,24H,1-3,6-10,15H2,(H,25,26). The lowest BCUT2D eigenvalue weighted by Crippen LogP contribution is -2.23. The van der Waals surface area contributed by atoms with Crippen LogP contribution in [-0.4, -0.2) is 49.7 Å². The Morgan fingerprint density at radius 3 is 2.79 bits per heavy atom. The molecule has 0 radical (unpaired) electrons. The molecular formula is C23H27N3O3. The van der Waals surface area contributed by atoms with Crippen molar-refractivity contribution in [1.29, 1.82) is 0 Å². The smallest absolute Gasteiger partial charge is 0.120 e. The molecule has 29 heavy (non-hydrogen) atoms. The summed E-state index contributed by atoms with van der Waals surface area (Å²) >= 11 is 0. The first kappa shape index (κ1) is 18.5. The fourth-order valence-electron chi connectivity index (χ4n) is 4.14. The lowest BCUT2D eigenvalue weighted by Gasteiger charge is -2.23. The van der Waals surface area contributed by atoms with Crippen LogP contribution < -0.4 is 14.8 Å². The molecule has 4 bridgehead atoms. The number of hydrogen-bond donors (Lipinski definition) is 2. The highest BCUT2D eigenvalue weighted by Gasteiger charge is 2.19. The summed E-state index contributed by atoms with van der Waals surface area (Å²) in [6, 6.07) is 12.6. The highest BCUT2D eigenvalue weighted by atomic mass is 16.5. The number of aromatic amines is 1. The Balaban J connectivity index is 1.59. The first-order valence-corrected chi connectivity index (χ1v) is 10.5. The second kappa shape index (κ2) is 8.43. The molecule has 1 saturated heterocycles. The maximum Gasteiger partial charge on any atom is 0.120 e. The SMILES string of the molecule is c1cc2[nH]nc3c2cc1OCCCNCCOc1cc-3cc(C2CCCOC2)c1. The predicted molar refractivity (Wildman–Crippen MR) is 113 cm³/mol. The van der Waals surface area contributed by atoms with Crippen molar-refractivity contribution in [3.63, 3.8) is 0 Å². The summed E-state index contributed by atoms with van der Waals surface area (Å²) in [4.78, 5) is 0. The molecule has 6 heteroatoms. The van der Waals surface area contributed by atoms with Gasteiger partial charge >= 0.3 is 0 Å². The molecule has 1 fully saturated rings. The molecule has 1 unspecified atom stereocenters. The number of nitrogens with zero attached hydrogens (tertiary/aromatic N) is 1. The molecule has 0 saturated carbocycles. The summed E-state index contributed by atoms with van der Waals surface area (Å²) < 4.78 is 17.8. The van der Waals surface area contributed by atoms with E-state index in [1.807, 2.05) is 12.1 Å². The second-order valence-electron chi connectivity index (χ2n) is 7.78. The third kappa shape index (κ3) is 4.09. The summed E-state index contributed by atoms with van der Waals surface area (Å²) in [5.41, 5.74) is 4.27. The Morgan fingerprint density at radius 2 is 1.86 bits per heavy atom. The van der Waals surface area contributed by atoms with Gasteiger partial charge in [0.05, 0.1) is 18.7 Å². The fraction of sp³-hybridized carbons (Fsp3) is 0.435. The van der Waals surface area contributed by atoms with Crippen LogP contribution in [0, 0.1) is 0 Å². The number of hydrogen-bond acceptors (Lipinski definition) is 5. The molecule has 3 aromatic rings. The van der Waals surface area contributed by atoms with Gasteiger partial charge in [0.2, 0.25) is 0 Å². The quantitative estimate of drug-likeness (QED) is 0.657. The van der Waals surface area contributed by atoms with Crippen LogP contribution in [0.2, 0.25) is 0 Å². The van der Waals surface area contributed by atoms with Crippen molar-refractivity contribution in [1.82, 2.24) is 15.5 Å². The van der Waals surface area contributed by atoms with E-state index in [2.05, 4.69) is 39.8 Å². The molecule has 0 amide bonds. The van der Waals surface area contributed by atoms with Crippen molar-refractivity contribution in [3.8, 4) is 22.8 Å². The molecule has 2 aliphatic heterocycles. The average molecular weight is 393 g/mol.